The van der Waals surface area contributed by atoms with Gasteiger partial charge in [-0.1, -0.05) is 0 Å². The highest BCUT2D eigenvalue weighted by atomic mass is 19.1. The van der Waals surface area contributed by atoms with Crippen LogP contribution in [0.15, 0.2) is 24.4 Å². The largest absolute Gasteiger partial charge is 0.396 e. The molecule has 1 saturated heterocycles. The van der Waals surface area contributed by atoms with Gasteiger partial charge in [0.25, 0.3) is 0 Å². The van der Waals surface area contributed by atoms with Gasteiger partial charge in [-0.2, -0.15) is 0 Å². The van der Waals surface area contributed by atoms with Crippen molar-refractivity contribution in [2.24, 2.45) is 5.92 Å². The Balaban J connectivity index is 1.77. The smallest absolute Gasteiger partial charge is 0.227 e. The van der Waals surface area contributed by atoms with Crippen LogP contribution < -0.4 is 0 Å². The Kier molecular flexibility index (Phi) is 4.16. The number of aliphatic hydroxyl groups is 1. The molecule has 0 radical (unpaired) electrons. The minimum absolute atomic E-state index is 0.0656. The maximum Gasteiger partial charge on any atom is 0.227 e. The molecule has 1 aromatic carbocycles. The highest BCUT2D eigenvalue weighted by molar-refractivity contribution is 5.89. The van der Waals surface area contributed by atoms with Crippen molar-refractivity contribution in [1.82, 2.24) is 9.88 Å². The first-order valence-electron chi connectivity index (χ1n) is 7.74. The molecule has 2 heterocycles. The van der Waals surface area contributed by atoms with E-state index in [1.165, 1.54) is 12.1 Å². The predicted molar refractivity (Wildman–Crippen MR) is 82.9 cm³/mol. The Morgan fingerprint density at radius 2 is 2.27 bits per heavy atom. The summed E-state index contributed by atoms with van der Waals surface area (Å²) in [5.74, 6) is -0.0456. The van der Waals surface area contributed by atoms with E-state index in [1.54, 1.807) is 12.3 Å². The Hall–Kier alpha value is -1.88. The van der Waals surface area contributed by atoms with Gasteiger partial charge in [0.15, 0.2) is 0 Å². The molecule has 1 amide bonds. The van der Waals surface area contributed by atoms with Crippen molar-refractivity contribution < 1.29 is 14.3 Å². The van der Waals surface area contributed by atoms with Crippen molar-refractivity contribution in [3.63, 3.8) is 0 Å². The van der Waals surface area contributed by atoms with E-state index in [0.29, 0.717) is 18.5 Å². The number of aliphatic hydroxyl groups excluding tert-OH is 1. The normalized spacial score (nSPS) is 22.2. The third-order valence-corrected chi connectivity index (χ3v) is 4.63. The lowest BCUT2D eigenvalue weighted by Gasteiger charge is -2.37. The van der Waals surface area contributed by atoms with Crippen molar-refractivity contribution in [1.29, 1.82) is 0 Å². The molecule has 0 spiro atoms. The number of hydrogen-bond acceptors (Lipinski definition) is 2. The number of nitrogens with one attached hydrogen (secondary N) is 1. The Labute approximate surface area is 128 Å². The summed E-state index contributed by atoms with van der Waals surface area (Å²) in [6.07, 6.45) is 3.97. The van der Waals surface area contributed by atoms with E-state index in [-0.39, 0.29) is 30.3 Å². The van der Waals surface area contributed by atoms with Crippen molar-refractivity contribution >= 4 is 16.8 Å². The molecule has 2 atom stereocenters. The average Bonchev–Trinajstić information content (AvgIpc) is 2.89. The zero-order valence-electron chi connectivity index (χ0n) is 12.7. The van der Waals surface area contributed by atoms with Crippen LogP contribution in [-0.4, -0.2) is 40.1 Å². The topological polar surface area (TPSA) is 56.3 Å². The van der Waals surface area contributed by atoms with E-state index in [1.807, 2.05) is 4.90 Å². The number of rotatable bonds is 3. The summed E-state index contributed by atoms with van der Waals surface area (Å²) < 4.78 is 13.2. The Bertz CT molecular complexity index is 682. The lowest BCUT2D eigenvalue weighted by molar-refractivity contribution is -0.135. The fraction of sp³-hybridized carbons (Fsp3) is 0.471. The molecule has 1 aliphatic heterocycles. The van der Waals surface area contributed by atoms with Gasteiger partial charge in [0.2, 0.25) is 5.91 Å². The average molecular weight is 304 g/mol. The van der Waals surface area contributed by atoms with Gasteiger partial charge in [0, 0.05) is 36.3 Å². The molecule has 0 bridgehead atoms. The number of H-pyrrole nitrogens is 1. The van der Waals surface area contributed by atoms with E-state index >= 15 is 0 Å². The molecule has 1 aliphatic rings. The van der Waals surface area contributed by atoms with E-state index in [4.69, 9.17) is 0 Å². The number of aromatic nitrogens is 1. The summed E-state index contributed by atoms with van der Waals surface area (Å²) in [6, 6.07) is 4.77. The lowest BCUT2D eigenvalue weighted by Crippen LogP contribution is -2.46. The van der Waals surface area contributed by atoms with Crippen molar-refractivity contribution in [2.75, 3.05) is 13.2 Å². The van der Waals surface area contributed by atoms with Crippen LogP contribution in [0.2, 0.25) is 0 Å². The minimum Gasteiger partial charge on any atom is -0.396 e. The van der Waals surface area contributed by atoms with Crippen LogP contribution in [-0.2, 0) is 11.2 Å². The van der Waals surface area contributed by atoms with Crippen LogP contribution in [0.1, 0.15) is 25.3 Å². The number of halogens is 1. The van der Waals surface area contributed by atoms with E-state index in [2.05, 4.69) is 11.9 Å². The van der Waals surface area contributed by atoms with Gasteiger partial charge >= 0.3 is 0 Å². The lowest BCUT2D eigenvalue weighted by atomic mass is 9.93. The van der Waals surface area contributed by atoms with Crippen LogP contribution >= 0.6 is 0 Å². The van der Waals surface area contributed by atoms with Gasteiger partial charge in [-0.15, -0.1) is 0 Å². The number of aromatic amines is 1. The number of amides is 1. The van der Waals surface area contributed by atoms with Gasteiger partial charge in [0.05, 0.1) is 6.42 Å². The molecule has 1 fully saturated rings. The molecule has 0 aliphatic carbocycles. The zero-order chi connectivity index (χ0) is 15.7. The number of likely N-dealkylation sites (tertiary alicyclic amines) is 1. The maximum absolute atomic E-state index is 13.2. The van der Waals surface area contributed by atoms with Gasteiger partial charge in [-0.3, -0.25) is 4.79 Å². The highest BCUT2D eigenvalue weighted by Gasteiger charge is 2.28. The third kappa shape index (κ3) is 2.86. The number of fused-ring (bicyclic) bond motifs is 1. The van der Waals surface area contributed by atoms with Crippen LogP contribution in [0.5, 0.6) is 0 Å². The fourth-order valence-corrected chi connectivity index (χ4v) is 3.25. The molecule has 22 heavy (non-hydrogen) atoms. The van der Waals surface area contributed by atoms with Crippen LogP contribution in [0.4, 0.5) is 4.39 Å². The molecule has 4 nitrogen and oxygen atoms in total. The quantitative estimate of drug-likeness (QED) is 0.915. The van der Waals surface area contributed by atoms with Crippen LogP contribution in [0.3, 0.4) is 0 Å². The maximum atomic E-state index is 13.2. The number of carbonyl (C=O) groups is 1. The number of hydrogen-bond donors (Lipinski definition) is 2. The molecule has 1 aromatic heterocycles. The van der Waals surface area contributed by atoms with Crippen molar-refractivity contribution in [3.8, 4) is 0 Å². The third-order valence-electron chi connectivity index (χ3n) is 4.63. The molecule has 5 heteroatoms. The van der Waals surface area contributed by atoms with E-state index in [9.17, 15) is 14.3 Å². The molecule has 2 aromatic rings. The van der Waals surface area contributed by atoms with Crippen LogP contribution in [0, 0.1) is 11.7 Å². The molecule has 0 saturated carbocycles. The van der Waals surface area contributed by atoms with Crippen LogP contribution in [0.25, 0.3) is 10.9 Å². The molecule has 2 N–H and O–H groups in total. The second-order valence-electron chi connectivity index (χ2n) is 6.20. The zero-order valence-corrected chi connectivity index (χ0v) is 12.7. The van der Waals surface area contributed by atoms with Crippen molar-refractivity contribution in [3.05, 3.63) is 35.8 Å². The first kappa shape index (κ1) is 15.0. The monoisotopic (exact) mass is 304 g/mol. The minimum atomic E-state index is -0.289. The van der Waals surface area contributed by atoms with E-state index in [0.717, 1.165) is 23.8 Å². The number of nitrogens with zero attached hydrogens (tertiary/aromatic N) is 1. The molecule has 3 rings (SSSR count). The van der Waals surface area contributed by atoms with Gasteiger partial charge in [-0.25, -0.2) is 4.39 Å². The molecular weight excluding hydrogens is 283 g/mol. The van der Waals surface area contributed by atoms with Gasteiger partial charge in [0.1, 0.15) is 5.82 Å². The second-order valence-corrected chi connectivity index (χ2v) is 6.20. The summed E-state index contributed by atoms with van der Waals surface area (Å²) in [5.41, 5.74) is 1.60. The predicted octanol–water partition coefficient (Wildman–Crippen LogP) is 2.47. The summed E-state index contributed by atoms with van der Waals surface area (Å²) in [6.45, 7) is 2.80. The standard InChI is InChI=1S/C17H21FN2O2/c1-11-2-3-12(10-21)9-20(11)17(22)6-13-8-19-16-7-14(18)4-5-15(13)16/h4-5,7-8,11-12,19,21H,2-3,6,9-10H2,1H3. The molecular formula is C17H21FN2O2. The number of benzene rings is 1. The Morgan fingerprint density at radius 1 is 1.45 bits per heavy atom. The Morgan fingerprint density at radius 3 is 3.05 bits per heavy atom. The molecule has 118 valence electrons. The first-order valence-corrected chi connectivity index (χ1v) is 7.74. The summed E-state index contributed by atoms with van der Waals surface area (Å²) >= 11 is 0. The van der Waals surface area contributed by atoms with Crippen molar-refractivity contribution in [2.45, 2.75) is 32.2 Å². The SMILES string of the molecule is CC1CCC(CO)CN1C(=O)Cc1c[nH]c2cc(F)ccc12. The first-order chi connectivity index (χ1) is 10.6. The fourth-order valence-electron chi connectivity index (χ4n) is 3.25. The van der Waals surface area contributed by atoms with Gasteiger partial charge < -0.3 is 15.0 Å². The summed E-state index contributed by atoms with van der Waals surface area (Å²) in [4.78, 5) is 17.5. The van der Waals surface area contributed by atoms with E-state index < -0.39 is 0 Å². The summed E-state index contributed by atoms with van der Waals surface area (Å²) in [5, 5.41) is 10.2. The number of carbonyl (C=O) groups excluding carboxylic acids is 1. The highest BCUT2D eigenvalue weighted by Crippen LogP contribution is 2.24. The second kappa shape index (κ2) is 6.08. The van der Waals surface area contributed by atoms with Gasteiger partial charge in [-0.05, 0) is 49.4 Å². The number of piperidine rings is 1. The summed E-state index contributed by atoms with van der Waals surface area (Å²) in [7, 11) is 0. The molecule has 2 unspecified atom stereocenters.